The molecule has 0 aromatic carbocycles. The third kappa shape index (κ3) is 3.02. The van der Waals surface area contributed by atoms with Crippen LogP contribution in [0.2, 0.25) is 0 Å². The van der Waals surface area contributed by atoms with Crippen molar-refractivity contribution in [3.05, 3.63) is 66.0 Å². The Labute approximate surface area is 122 Å². The second-order valence-electron chi connectivity index (χ2n) is 4.73. The number of ketones is 1. The molecule has 0 radical (unpaired) electrons. The minimum absolute atomic E-state index is 0.0266. The maximum absolute atomic E-state index is 12.1. The van der Waals surface area contributed by atoms with E-state index in [1.54, 1.807) is 24.5 Å². The third-order valence-electron chi connectivity index (χ3n) is 3.08. The summed E-state index contributed by atoms with van der Waals surface area (Å²) in [5, 5.41) is 0. The van der Waals surface area contributed by atoms with Crippen molar-refractivity contribution in [3.8, 4) is 11.4 Å². The number of H-pyrrole nitrogens is 1. The summed E-state index contributed by atoms with van der Waals surface area (Å²) in [6, 6.07) is 11.1. The van der Waals surface area contributed by atoms with E-state index >= 15 is 0 Å². The van der Waals surface area contributed by atoms with Gasteiger partial charge in [-0.3, -0.25) is 9.78 Å². The molecule has 3 aromatic rings. The molecule has 5 nitrogen and oxygen atoms in total. The van der Waals surface area contributed by atoms with Gasteiger partial charge in [-0.15, -0.1) is 0 Å². The zero-order chi connectivity index (χ0) is 14.7. The summed E-state index contributed by atoms with van der Waals surface area (Å²) in [4.78, 5) is 28.0. The van der Waals surface area contributed by atoms with Crippen molar-refractivity contribution in [2.24, 2.45) is 0 Å². The maximum Gasteiger partial charge on any atom is 0.186 e. The number of aromatic nitrogens is 4. The molecule has 0 saturated carbocycles. The van der Waals surface area contributed by atoms with Crippen molar-refractivity contribution < 1.29 is 4.79 Å². The molecule has 104 valence electrons. The molecule has 3 heterocycles. The number of aryl methyl sites for hydroxylation is 1. The van der Waals surface area contributed by atoms with Gasteiger partial charge in [0.05, 0.1) is 23.5 Å². The molecule has 0 aliphatic heterocycles. The van der Waals surface area contributed by atoms with E-state index in [9.17, 15) is 4.79 Å². The molecular weight excluding hydrogens is 264 g/mol. The highest BCUT2D eigenvalue weighted by atomic mass is 16.1. The lowest BCUT2D eigenvalue weighted by molar-refractivity contribution is 0.0986. The highest BCUT2D eigenvalue weighted by Crippen LogP contribution is 2.13. The molecule has 3 aromatic heterocycles. The van der Waals surface area contributed by atoms with Crippen LogP contribution in [0.3, 0.4) is 0 Å². The van der Waals surface area contributed by atoms with Crippen LogP contribution in [0.15, 0.2) is 48.8 Å². The first-order chi connectivity index (χ1) is 10.2. The standard InChI is InChI=1S/C16H14N4O/c1-11-5-6-14(19-11)15(21)10-16-18-9-7-13(20-16)12-4-2-3-8-17-12/h2-9,19H,10H2,1H3. The Kier molecular flexibility index (Phi) is 3.55. The Balaban J connectivity index is 1.82. The molecule has 21 heavy (non-hydrogen) atoms. The zero-order valence-electron chi connectivity index (χ0n) is 11.6. The largest absolute Gasteiger partial charge is 0.356 e. The highest BCUT2D eigenvalue weighted by Gasteiger charge is 2.11. The van der Waals surface area contributed by atoms with Gasteiger partial charge < -0.3 is 4.98 Å². The van der Waals surface area contributed by atoms with E-state index in [-0.39, 0.29) is 12.2 Å². The third-order valence-corrected chi connectivity index (χ3v) is 3.08. The van der Waals surface area contributed by atoms with Gasteiger partial charge in [0.25, 0.3) is 0 Å². The van der Waals surface area contributed by atoms with Gasteiger partial charge in [-0.05, 0) is 37.3 Å². The quantitative estimate of drug-likeness (QED) is 0.745. The van der Waals surface area contributed by atoms with E-state index < -0.39 is 0 Å². The normalized spacial score (nSPS) is 10.5. The predicted octanol–water partition coefficient (Wildman–Crippen LogP) is 2.60. The van der Waals surface area contributed by atoms with Crippen LogP contribution >= 0.6 is 0 Å². The van der Waals surface area contributed by atoms with E-state index in [2.05, 4.69) is 19.9 Å². The van der Waals surface area contributed by atoms with Gasteiger partial charge in [0.1, 0.15) is 5.82 Å². The average Bonchev–Trinajstić information content (AvgIpc) is 2.95. The Morgan fingerprint density at radius 2 is 1.95 bits per heavy atom. The molecule has 0 bridgehead atoms. The monoisotopic (exact) mass is 278 g/mol. The number of hydrogen-bond donors (Lipinski definition) is 1. The van der Waals surface area contributed by atoms with Crippen LogP contribution in [0.1, 0.15) is 22.0 Å². The first-order valence-electron chi connectivity index (χ1n) is 6.64. The fourth-order valence-corrected chi connectivity index (χ4v) is 2.05. The van der Waals surface area contributed by atoms with Crippen molar-refractivity contribution in [3.63, 3.8) is 0 Å². The molecule has 3 rings (SSSR count). The summed E-state index contributed by atoms with van der Waals surface area (Å²) in [6.45, 7) is 1.91. The van der Waals surface area contributed by atoms with Crippen molar-refractivity contribution in [2.75, 3.05) is 0 Å². The van der Waals surface area contributed by atoms with Crippen LogP contribution in [0.25, 0.3) is 11.4 Å². The van der Waals surface area contributed by atoms with Gasteiger partial charge in [-0.25, -0.2) is 9.97 Å². The summed E-state index contributed by atoms with van der Waals surface area (Å²) in [6.07, 6.45) is 3.53. The zero-order valence-corrected chi connectivity index (χ0v) is 11.6. The molecule has 0 unspecified atom stereocenters. The molecule has 1 N–H and O–H groups in total. The van der Waals surface area contributed by atoms with Gasteiger partial charge in [0.2, 0.25) is 0 Å². The number of pyridine rings is 1. The Morgan fingerprint density at radius 3 is 2.67 bits per heavy atom. The molecule has 0 aliphatic carbocycles. The number of Topliss-reactive ketones (excluding diaryl/α,β-unsaturated/α-hetero) is 1. The van der Waals surface area contributed by atoms with E-state index in [0.29, 0.717) is 11.5 Å². The molecule has 0 aliphatic rings. The van der Waals surface area contributed by atoms with Crippen molar-refractivity contribution in [1.82, 2.24) is 19.9 Å². The fourth-order valence-electron chi connectivity index (χ4n) is 2.05. The lowest BCUT2D eigenvalue weighted by atomic mass is 10.2. The minimum atomic E-state index is -0.0266. The molecule has 0 amide bonds. The van der Waals surface area contributed by atoms with Crippen LogP contribution in [0.5, 0.6) is 0 Å². The number of nitrogens with one attached hydrogen (secondary N) is 1. The van der Waals surface area contributed by atoms with Crippen molar-refractivity contribution in [1.29, 1.82) is 0 Å². The van der Waals surface area contributed by atoms with E-state index in [4.69, 9.17) is 0 Å². The van der Waals surface area contributed by atoms with Crippen molar-refractivity contribution in [2.45, 2.75) is 13.3 Å². The molecule has 0 saturated heterocycles. The number of nitrogens with zero attached hydrogens (tertiary/aromatic N) is 3. The number of rotatable bonds is 4. The van der Waals surface area contributed by atoms with Gasteiger partial charge in [0.15, 0.2) is 5.78 Å². The van der Waals surface area contributed by atoms with Crippen LogP contribution < -0.4 is 0 Å². The summed E-state index contributed by atoms with van der Waals surface area (Å²) in [5.41, 5.74) is 3.03. The van der Waals surface area contributed by atoms with Crippen LogP contribution in [-0.4, -0.2) is 25.7 Å². The average molecular weight is 278 g/mol. The first kappa shape index (κ1) is 13.2. The van der Waals surface area contributed by atoms with E-state index in [1.165, 1.54) is 0 Å². The van der Waals surface area contributed by atoms with Crippen molar-refractivity contribution >= 4 is 5.78 Å². The second-order valence-corrected chi connectivity index (χ2v) is 4.73. The summed E-state index contributed by atoms with van der Waals surface area (Å²) in [7, 11) is 0. The van der Waals surface area contributed by atoms with Gasteiger partial charge in [-0.1, -0.05) is 6.07 Å². The predicted molar refractivity (Wildman–Crippen MR) is 78.8 cm³/mol. The van der Waals surface area contributed by atoms with Crippen LogP contribution in [0.4, 0.5) is 0 Å². The Morgan fingerprint density at radius 1 is 1.05 bits per heavy atom. The summed E-state index contributed by atoms with van der Waals surface area (Å²) in [5.74, 6) is 0.469. The highest BCUT2D eigenvalue weighted by molar-refractivity contribution is 5.95. The Hall–Kier alpha value is -2.82. The van der Waals surface area contributed by atoms with E-state index in [1.807, 2.05) is 31.2 Å². The first-order valence-corrected chi connectivity index (χ1v) is 6.64. The second kappa shape index (κ2) is 5.66. The fraction of sp³-hybridized carbons (Fsp3) is 0.125. The van der Waals surface area contributed by atoms with E-state index in [0.717, 1.165) is 17.1 Å². The molecule has 0 fully saturated rings. The lowest BCUT2D eigenvalue weighted by Gasteiger charge is -2.02. The maximum atomic E-state index is 12.1. The molecular formula is C16H14N4O. The van der Waals surface area contributed by atoms with Crippen LogP contribution in [-0.2, 0) is 6.42 Å². The van der Waals surface area contributed by atoms with Gasteiger partial charge in [0, 0.05) is 18.1 Å². The Bertz CT molecular complexity index is 765. The number of carbonyl (C=O) groups is 1. The minimum Gasteiger partial charge on any atom is -0.356 e. The van der Waals surface area contributed by atoms with Crippen LogP contribution in [0, 0.1) is 6.92 Å². The summed E-state index contributed by atoms with van der Waals surface area (Å²) >= 11 is 0. The summed E-state index contributed by atoms with van der Waals surface area (Å²) < 4.78 is 0. The smallest absolute Gasteiger partial charge is 0.186 e. The molecule has 0 atom stereocenters. The number of carbonyl (C=O) groups excluding carboxylic acids is 1. The SMILES string of the molecule is Cc1ccc(C(=O)Cc2nccc(-c3ccccn3)n2)[nH]1. The lowest BCUT2D eigenvalue weighted by Crippen LogP contribution is -2.08. The molecule has 5 heteroatoms. The topological polar surface area (TPSA) is 71.5 Å². The number of aromatic amines is 1. The van der Waals surface area contributed by atoms with Gasteiger partial charge >= 0.3 is 0 Å². The van der Waals surface area contributed by atoms with Gasteiger partial charge in [-0.2, -0.15) is 0 Å². The number of hydrogen-bond acceptors (Lipinski definition) is 4. The molecule has 0 spiro atoms.